The van der Waals surface area contributed by atoms with Gasteiger partial charge in [0.15, 0.2) is 0 Å². The van der Waals surface area contributed by atoms with Crippen LogP contribution in [0, 0.1) is 5.92 Å². The van der Waals surface area contributed by atoms with Gasteiger partial charge in [0.05, 0.1) is 0 Å². The highest BCUT2D eigenvalue weighted by atomic mass is 15.0. The average Bonchev–Trinajstić information content (AvgIpc) is 2.70. The van der Waals surface area contributed by atoms with Crippen molar-refractivity contribution >= 4 is 5.82 Å². The average molecular weight is 218 g/mol. The summed E-state index contributed by atoms with van der Waals surface area (Å²) in [7, 11) is 0. The molecule has 88 valence electrons. The van der Waals surface area contributed by atoms with Gasteiger partial charge in [-0.3, -0.25) is 0 Å². The zero-order valence-electron chi connectivity index (χ0n) is 10.5. The lowest BCUT2D eigenvalue weighted by atomic mass is 9.81. The van der Waals surface area contributed by atoms with Crippen molar-refractivity contribution in [2.75, 3.05) is 5.32 Å². The molecule has 2 N–H and O–H groups in total. The number of H-pyrrole nitrogens is 1. The van der Waals surface area contributed by atoms with Gasteiger partial charge >= 0.3 is 0 Å². The van der Waals surface area contributed by atoms with Gasteiger partial charge < -0.3 is 10.3 Å². The van der Waals surface area contributed by atoms with Crippen molar-refractivity contribution in [1.82, 2.24) is 4.98 Å². The first-order valence-corrected chi connectivity index (χ1v) is 6.19. The van der Waals surface area contributed by atoms with Crippen molar-refractivity contribution in [2.24, 2.45) is 5.92 Å². The van der Waals surface area contributed by atoms with Crippen LogP contribution in [0.5, 0.6) is 0 Å². The molecule has 1 aromatic rings. The van der Waals surface area contributed by atoms with Crippen LogP contribution in [0.3, 0.4) is 0 Å². The van der Waals surface area contributed by atoms with Crippen LogP contribution in [-0.2, 0) is 0 Å². The third-order valence-corrected chi connectivity index (χ3v) is 3.56. The molecule has 0 radical (unpaired) electrons. The van der Waals surface area contributed by atoms with Gasteiger partial charge in [-0.05, 0) is 44.2 Å². The third kappa shape index (κ3) is 2.49. The molecule has 0 saturated carbocycles. The second kappa shape index (κ2) is 4.36. The summed E-state index contributed by atoms with van der Waals surface area (Å²) in [5, 5.41) is 3.60. The first-order valence-electron chi connectivity index (χ1n) is 6.19. The van der Waals surface area contributed by atoms with E-state index in [0.717, 1.165) is 12.2 Å². The minimum atomic E-state index is 0.212. The second-order valence-electron chi connectivity index (χ2n) is 5.41. The molecule has 0 spiro atoms. The van der Waals surface area contributed by atoms with Crippen LogP contribution in [0.2, 0.25) is 0 Å². The SMILES string of the molecule is CC(C)C1=CCC(C)(Nc2ccc[nH]2)CC1. The maximum absolute atomic E-state index is 3.60. The largest absolute Gasteiger partial charge is 0.366 e. The van der Waals surface area contributed by atoms with Gasteiger partial charge in [-0.2, -0.15) is 0 Å². The van der Waals surface area contributed by atoms with Crippen LogP contribution in [0.15, 0.2) is 30.0 Å². The van der Waals surface area contributed by atoms with E-state index in [1.165, 1.54) is 12.8 Å². The molecule has 0 amide bonds. The van der Waals surface area contributed by atoms with E-state index < -0.39 is 0 Å². The van der Waals surface area contributed by atoms with Crippen molar-refractivity contribution < 1.29 is 0 Å². The van der Waals surface area contributed by atoms with Gasteiger partial charge in [0.2, 0.25) is 0 Å². The van der Waals surface area contributed by atoms with Crippen LogP contribution in [0.25, 0.3) is 0 Å². The molecule has 2 nitrogen and oxygen atoms in total. The van der Waals surface area contributed by atoms with Crippen LogP contribution < -0.4 is 5.32 Å². The molecule has 0 bridgehead atoms. The lowest BCUT2D eigenvalue weighted by Gasteiger charge is -2.35. The lowest BCUT2D eigenvalue weighted by Crippen LogP contribution is -2.36. The molecule has 0 aliphatic heterocycles. The van der Waals surface area contributed by atoms with Crippen molar-refractivity contribution in [3.8, 4) is 0 Å². The van der Waals surface area contributed by atoms with E-state index in [0.29, 0.717) is 5.92 Å². The number of nitrogens with one attached hydrogen (secondary N) is 2. The van der Waals surface area contributed by atoms with Crippen LogP contribution in [0.4, 0.5) is 5.82 Å². The van der Waals surface area contributed by atoms with E-state index in [-0.39, 0.29) is 5.54 Å². The molecular formula is C14H22N2. The summed E-state index contributed by atoms with van der Waals surface area (Å²) in [6.07, 6.45) is 7.95. The molecule has 1 atom stereocenters. The van der Waals surface area contributed by atoms with E-state index in [4.69, 9.17) is 0 Å². The molecule has 0 fully saturated rings. The monoisotopic (exact) mass is 218 g/mol. The molecular weight excluding hydrogens is 196 g/mol. The van der Waals surface area contributed by atoms with Gasteiger partial charge in [-0.15, -0.1) is 0 Å². The Morgan fingerprint density at radius 2 is 2.25 bits per heavy atom. The van der Waals surface area contributed by atoms with Gasteiger partial charge in [0.25, 0.3) is 0 Å². The summed E-state index contributed by atoms with van der Waals surface area (Å²) < 4.78 is 0. The Bertz CT molecular complexity index is 362. The fourth-order valence-electron chi connectivity index (χ4n) is 2.35. The highest BCUT2D eigenvalue weighted by Crippen LogP contribution is 2.32. The number of aromatic nitrogens is 1. The summed E-state index contributed by atoms with van der Waals surface area (Å²) in [5.74, 6) is 1.83. The Labute approximate surface area is 98.1 Å². The Morgan fingerprint density at radius 1 is 1.44 bits per heavy atom. The summed E-state index contributed by atoms with van der Waals surface area (Å²) >= 11 is 0. The van der Waals surface area contributed by atoms with Gasteiger partial charge in [0, 0.05) is 11.7 Å². The Hall–Kier alpha value is -1.18. The number of hydrogen-bond acceptors (Lipinski definition) is 1. The topological polar surface area (TPSA) is 27.8 Å². The standard InChI is InChI=1S/C14H22N2/c1-11(2)12-6-8-14(3,9-7-12)16-13-5-4-10-15-13/h4-6,10-11,15-16H,7-9H2,1-3H3. The van der Waals surface area contributed by atoms with Crippen molar-refractivity contribution in [3.05, 3.63) is 30.0 Å². The molecule has 1 aliphatic carbocycles. The normalized spacial score (nSPS) is 25.6. The highest BCUT2D eigenvalue weighted by molar-refractivity contribution is 5.38. The highest BCUT2D eigenvalue weighted by Gasteiger charge is 2.27. The second-order valence-corrected chi connectivity index (χ2v) is 5.41. The molecule has 1 unspecified atom stereocenters. The fraction of sp³-hybridized carbons (Fsp3) is 0.571. The third-order valence-electron chi connectivity index (χ3n) is 3.56. The molecule has 16 heavy (non-hydrogen) atoms. The maximum atomic E-state index is 3.60. The Kier molecular flexibility index (Phi) is 3.08. The predicted octanol–water partition coefficient (Wildman–Crippen LogP) is 3.95. The molecule has 1 aliphatic rings. The van der Waals surface area contributed by atoms with Gasteiger partial charge in [-0.25, -0.2) is 0 Å². The summed E-state index contributed by atoms with van der Waals surface area (Å²) in [6.45, 7) is 6.88. The summed E-state index contributed by atoms with van der Waals surface area (Å²) in [4.78, 5) is 3.21. The Morgan fingerprint density at radius 3 is 2.75 bits per heavy atom. The van der Waals surface area contributed by atoms with E-state index >= 15 is 0 Å². The number of hydrogen-bond donors (Lipinski definition) is 2. The lowest BCUT2D eigenvalue weighted by molar-refractivity contribution is 0.440. The van der Waals surface area contributed by atoms with Crippen molar-refractivity contribution in [1.29, 1.82) is 0 Å². The van der Waals surface area contributed by atoms with Crippen LogP contribution in [0.1, 0.15) is 40.0 Å². The zero-order chi connectivity index (χ0) is 11.6. The molecule has 0 saturated heterocycles. The zero-order valence-corrected chi connectivity index (χ0v) is 10.5. The van der Waals surface area contributed by atoms with Gasteiger partial charge in [-0.1, -0.05) is 25.5 Å². The first kappa shape index (κ1) is 11.3. The van der Waals surface area contributed by atoms with E-state index in [9.17, 15) is 0 Å². The summed E-state index contributed by atoms with van der Waals surface area (Å²) in [5.41, 5.74) is 1.83. The number of allylic oxidation sites excluding steroid dienone is 1. The number of anilines is 1. The van der Waals surface area contributed by atoms with Crippen LogP contribution >= 0.6 is 0 Å². The quantitative estimate of drug-likeness (QED) is 0.739. The van der Waals surface area contributed by atoms with E-state index in [1.54, 1.807) is 5.57 Å². The Balaban J connectivity index is 2.01. The molecule has 2 rings (SSSR count). The van der Waals surface area contributed by atoms with Crippen molar-refractivity contribution in [2.45, 2.75) is 45.6 Å². The van der Waals surface area contributed by atoms with Gasteiger partial charge in [0.1, 0.15) is 5.82 Å². The fourth-order valence-corrected chi connectivity index (χ4v) is 2.35. The minimum absolute atomic E-state index is 0.212. The van der Waals surface area contributed by atoms with Crippen molar-refractivity contribution in [3.63, 3.8) is 0 Å². The molecule has 1 heterocycles. The molecule has 1 aromatic heterocycles. The number of aromatic amines is 1. The molecule has 2 heteroatoms. The summed E-state index contributed by atoms with van der Waals surface area (Å²) in [6, 6.07) is 4.12. The minimum Gasteiger partial charge on any atom is -0.366 e. The predicted molar refractivity (Wildman–Crippen MR) is 69.6 cm³/mol. The molecule has 0 aromatic carbocycles. The van der Waals surface area contributed by atoms with E-state index in [1.807, 2.05) is 12.3 Å². The number of rotatable bonds is 3. The van der Waals surface area contributed by atoms with E-state index in [2.05, 4.69) is 43.2 Å². The maximum Gasteiger partial charge on any atom is 0.103 e. The van der Waals surface area contributed by atoms with Crippen LogP contribution in [-0.4, -0.2) is 10.5 Å². The first-order chi connectivity index (χ1) is 7.59. The smallest absolute Gasteiger partial charge is 0.103 e.